The van der Waals surface area contributed by atoms with E-state index < -0.39 is 0 Å². The number of benzene rings is 2. The molecule has 11 nitrogen and oxygen atoms in total. The lowest BCUT2D eigenvalue weighted by Crippen LogP contribution is -2.30. The fourth-order valence-electron chi connectivity index (χ4n) is 3.69. The number of azo groups is 1. The molecule has 0 aliphatic carbocycles. The molecule has 3 amide bonds. The van der Waals surface area contributed by atoms with Crippen LogP contribution in [0.25, 0.3) is 0 Å². The topological polar surface area (TPSA) is 139 Å². The number of ether oxygens (including phenoxy) is 2. The Balaban J connectivity index is 1.94. The van der Waals surface area contributed by atoms with Gasteiger partial charge >= 0.3 is 0 Å². The molecule has 11 heteroatoms. The van der Waals surface area contributed by atoms with Gasteiger partial charge in [-0.25, -0.2) is 0 Å². The standard InChI is InChI=1S/C24H30N6O5/c1-5-30-23(32)17-13-19(25)21(14-18(17)24(30)33)28-27-20-7-6-16(12-22(20)26-15(2)31)29(8-10-34-3)9-11-35-4/h6-7,12-14H,5,8-11,25H2,1-4H3,(H,26,31)/b28-27+. The summed E-state index contributed by atoms with van der Waals surface area (Å²) >= 11 is 0. The molecular weight excluding hydrogens is 452 g/mol. The number of carbonyl (C=O) groups excluding carboxylic acids is 3. The van der Waals surface area contributed by atoms with Crippen molar-refractivity contribution in [3.05, 3.63) is 41.5 Å². The van der Waals surface area contributed by atoms with Crippen molar-refractivity contribution >= 4 is 46.2 Å². The van der Waals surface area contributed by atoms with Crippen LogP contribution in [0.2, 0.25) is 0 Å². The van der Waals surface area contributed by atoms with Crippen molar-refractivity contribution in [2.24, 2.45) is 10.2 Å². The molecule has 2 aromatic carbocycles. The van der Waals surface area contributed by atoms with Crippen LogP contribution < -0.4 is 16.0 Å². The number of hydrogen-bond acceptors (Lipinski definition) is 9. The molecule has 186 valence electrons. The van der Waals surface area contributed by atoms with Gasteiger partial charge < -0.3 is 25.4 Å². The molecule has 1 heterocycles. The average molecular weight is 483 g/mol. The number of nitrogens with two attached hydrogens (primary N) is 1. The fourth-order valence-corrected chi connectivity index (χ4v) is 3.69. The van der Waals surface area contributed by atoms with Gasteiger partial charge in [-0.3, -0.25) is 19.3 Å². The van der Waals surface area contributed by atoms with Crippen molar-refractivity contribution < 1.29 is 23.9 Å². The molecule has 0 atom stereocenters. The molecule has 0 spiro atoms. The van der Waals surface area contributed by atoms with Crippen LogP contribution in [-0.4, -0.2) is 69.7 Å². The number of rotatable bonds is 11. The second-order valence-corrected chi connectivity index (χ2v) is 7.87. The van der Waals surface area contributed by atoms with Crippen LogP contribution in [0, 0.1) is 0 Å². The molecule has 0 unspecified atom stereocenters. The van der Waals surface area contributed by atoms with E-state index in [1.807, 2.05) is 6.07 Å². The average Bonchev–Trinajstić information content (AvgIpc) is 3.06. The smallest absolute Gasteiger partial charge is 0.261 e. The summed E-state index contributed by atoms with van der Waals surface area (Å²) < 4.78 is 10.4. The van der Waals surface area contributed by atoms with E-state index in [-0.39, 0.29) is 46.8 Å². The van der Waals surface area contributed by atoms with E-state index in [9.17, 15) is 14.4 Å². The minimum absolute atomic E-state index is 0.217. The van der Waals surface area contributed by atoms with Crippen LogP contribution in [0.4, 0.5) is 28.4 Å². The van der Waals surface area contributed by atoms with Gasteiger partial charge in [0.1, 0.15) is 11.4 Å². The van der Waals surface area contributed by atoms with E-state index in [1.54, 1.807) is 33.3 Å². The van der Waals surface area contributed by atoms with E-state index in [1.165, 1.54) is 19.1 Å². The number of methoxy groups -OCH3 is 2. The van der Waals surface area contributed by atoms with E-state index in [2.05, 4.69) is 20.4 Å². The first-order valence-corrected chi connectivity index (χ1v) is 11.2. The molecule has 0 saturated carbocycles. The van der Waals surface area contributed by atoms with Gasteiger partial charge in [-0.1, -0.05) is 0 Å². The van der Waals surface area contributed by atoms with E-state index in [0.717, 1.165) is 10.6 Å². The van der Waals surface area contributed by atoms with Crippen molar-refractivity contribution in [2.75, 3.05) is 63.0 Å². The number of nitrogens with one attached hydrogen (secondary N) is 1. The molecule has 0 aromatic heterocycles. The van der Waals surface area contributed by atoms with Gasteiger partial charge in [-0.05, 0) is 37.3 Å². The highest BCUT2D eigenvalue weighted by molar-refractivity contribution is 6.22. The number of amides is 3. The van der Waals surface area contributed by atoms with Crippen LogP contribution in [0.3, 0.4) is 0 Å². The molecule has 0 radical (unpaired) electrons. The molecule has 0 fully saturated rings. The molecule has 2 aromatic rings. The third kappa shape index (κ3) is 5.81. The van der Waals surface area contributed by atoms with Gasteiger partial charge in [0.05, 0.1) is 35.7 Å². The van der Waals surface area contributed by atoms with Crippen LogP contribution >= 0.6 is 0 Å². The maximum atomic E-state index is 12.5. The second-order valence-electron chi connectivity index (χ2n) is 7.87. The quantitative estimate of drug-likeness (QED) is 0.284. The first kappa shape index (κ1) is 25.8. The molecule has 3 N–H and O–H groups in total. The Morgan fingerprint density at radius 1 is 1.00 bits per heavy atom. The third-order valence-corrected chi connectivity index (χ3v) is 5.49. The minimum Gasteiger partial charge on any atom is -0.397 e. The predicted octanol–water partition coefficient (Wildman–Crippen LogP) is 3.36. The van der Waals surface area contributed by atoms with Crippen molar-refractivity contribution in [1.29, 1.82) is 0 Å². The molecule has 0 bridgehead atoms. The van der Waals surface area contributed by atoms with Gasteiger partial charge in [0.15, 0.2) is 0 Å². The normalized spacial score (nSPS) is 13.0. The van der Waals surface area contributed by atoms with E-state index >= 15 is 0 Å². The lowest BCUT2D eigenvalue weighted by atomic mass is 10.1. The largest absolute Gasteiger partial charge is 0.397 e. The van der Waals surface area contributed by atoms with Gasteiger partial charge in [0.2, 0.25) is 5.91 Å². The van der Waals surface area contributed by atoms with Crippen LogP contribution in [0.1, 0.15) is 34.6 Å². The molecule has 3 rings (SSSR count). The summed E-state index contributed by atoms with van der Waals surface area (Å²) in [5, 5.41) is 11.3. The highest BCUT2D eigenvalue weighted by Crippen LogP contribution is 2.35. The van der Waals surface area contributed by atoms with Crippen LogP contribution in [0.5, 0.6) is 0 Å². The molecule has 1 aliphatic rings. The van der Waals surface area contributed by atoms with Gasteiger partial charge in [0.25, 0.3) is 11.8 Å². The fraction of sp³-hybridized carbons (Fsp3) is 0.375. The molecule has 1 aliphatic heterocycles. The number of nitrogen functional groups attached to an aromatic ring is 1. The van der Waals surface area contributed by atoms with Crippen LogP contribution in [0.15, 0.2) is 40.6 Å². The van der Waals surface area contributed by atoms with Crippen molar-refractivity contribution in [1.82, 2.24) is 4.90 Å². The van der Waals surface area contributed by atoms with Gasteiger partial charge in [0, 0.05) is 46.5 Å². The highest BCUT2D eigenvalue weighted by Gasteiger charge is 2.35. The molecule has 35 heavy (non-hydrogen) atoms. The summed E-state index contributed by atoms with van der Waals surface area (Å²) in [6.07, 6.45) is 0. The summed E-state index contributed by atoms with van der Waals surface area (Å²) in [6.45, 7) is 5.71. The second kappa shape index (κ2) is 11.5. The Hall–Kier alpha value is -3.83. The summed E-state index contributed by atoms with van der Waals surface area (Å²) in [5.41, 5.74) is 8.77. The lowest BCUT2D eigenvalue weighted by molar-refractivity contribution is -0.114. The van der Waals surface area contributed by atoms with Crippen molar-refractivity contribution in [3.63, 3.8) is 0 Å². The third-order valence-electron chi connectivity index (χ3n) is 5.49. The lowest BCUT2D eigenvalue weighted by Gasteiger charge is -2.25. The number of imide groups is 1. The first-order valence-electron chi connectivity index (χ1n) is 11.2. The Labute approximate surface area is 203 Å². The van der Waals surface area contributed by atoms with E-state index in [0.29, 0.717) is 37.7 Å². The van der Waals surface area contributed by atoms with E-state index in [4.69, 9.17) is 15.2 Å². The maximum Gasteiger partial charge on any atom is 0.261 e. The Bertz CT molecular complexity index is 1140. The first-order chi connectivity index (χ1) is 16.8. The Morgan fingerprint density at radius 2 is 1.60 bits per heavy atom. The zero-order valence-electron chi connectivity index (χ0n) is 20.3. The van der Waals surface area contributed by atoms with Crippen LogP contribution in [-0.2, 0) is 14.3 Å². The summed E-state index contributed by atoms with van der Waals surface area (Å²) in [7, 11) is 3.27. The zero-order chi connectivity index (χ0) is 25.5. The Kier molecular flexibility index (Phi) is 8.50. The van der Waals surface area contributed by atoms with Crippen molar-refractivity contribution in [2.45, 2.75) is 13.8 Å². The maximum absolute atomic E-state index is 12.5. The highest BCUT2D eigenvalue weighted by atomic mass is 16.5. The summed E-state index contributed by atoms with van der Waals surface area (Å²) in [6, 6.07) is 8.30. The SMILES string of the molecule is CCN1C(=O)c2cc(N)c(/N=N/c3ccc(N(CCOC)CCOC)cc3NC(C)=O)cc2C1=O. The number of hydrogen-bond donors (Lipinski definition) is 2. The molecular formula is C24H30N6O5. The number of nitrogens with zero attached hydrogens (tertiary/aromatic N) is 4. The number of anilines is 3. The molecule has 0 saturated heterocycles. The Morgan fingerprint density at radius 3 is 2.17 bits per heavy atom. The number of carbonyl (C=O) groups is 3. The minimum atomic E-state index is -0.389. The zero-order valence-corrected chi connectivity index (χ0v) is 20.3. The predicted molar refractivity (Wildman–Crippen MR) is 133 cm³/mol. The summed E-state index contributed by atoms with van der Waals surface area (Å²) in [5.74, 6) is -1.03. The number of fused-ring (bicyclic) bond motifs is 1. The van der Waals surface area contributed by atoms with Gasteiger partial charge in [-0.15, -0.1) is 10.2 Å². The van der Waals surface area contributed by atoms with Crippen molar-refractivity contribution in [3.8, 4) is 0 Å². The van der Waals surface area contributed by atoms with Gasteiger partial charge in [-0.2, -0.15) is 0 Å². The monoisotopic (exact) mass is 482 g/mol. The summed E-state index contributed by atoms with van der Waals surface area (Å²) in [4.78, 5) is 40.0.